The molecule has 0 radical (unpaired) electrons. The van der Waals surface area contributed by atoms with Gasteiger partial charge in [0.05, 0.1) is 11.7 Å². The standard InChI is InChI=1S/C10H12F3N3/c11-10(12,13)7-3-1-2-6(4-7)8-5-15-16-9(8)14/h1-4,8-9,15-16H,5,14H2. The van der Waals surface area contributed by atoms with Crippen molar-refractivity contribution >= 4 is 0 Å². The van der Waals surface area contributed by atoms with Gasteiger partial charge < -0.3 is 5.73 Å². The van der Waals surface area contributed by atoms with E-state index in [2.05, 4.69) is 10.9 Å². The molecule has 1 aliphatic heterocycles. The zero-order valence-corrected chi connectivity index (χ0v) is 8.38. The quantitative estimate of drug-likeness (QED) is 0.680. The highest BCUT2D eigenvalue weighted by atomic mass is 19.4. The molecule has 0 aromatic heterocycles. The van der Waals surface area contributed by atoms with Crippen molar-refractivity contribution < 1.29 is 13.2 Å². The lowest BCUT2D eigenvalue weighted by Crippen LogP contribution is -2.38. The SMILES string of the molecule is NC1NNCC1c1cccc(C(F)(F)F)c1. The van der Waals surface area contributed by atoms with Gasteiger partial charge in [-0.25, -0.2) is 5.43 Å². The molecule has 2 rings (SSSR count). The van der Waals surface area contributed by atoms with Crippen molar-refractivity contribution in [3.63, 3.8) is 0 Å². The van der Waals surface area contributed by atoms with Crippen LogP contribution < -0.4 is 16.6 Å². The second kappa shape index (κ2) is 4.04. The molecule has 16 heavy (non-hydrogen) atoms. The van der Waals surface area contributed by atoms with Gasteiger partial charge in [0, 0.05) is 12.5 Å². The molecule has 0 aliphatic carbocycles. The van der Waals surface area contributed by atoms with E-state index in [-0.39, 0.29) is 12.1 Å². The van der Waals surface area contributed by atoms with E-state index in [0.29, 0.717) is 12.1 Å². The maximum Gasteiger partial charge on any atom is 0.416 e. The van der Waals surface area contributed by atoms with E-state index < -0.39 is 11.7 Å². The number of nitrogens with two attached hydrogens (primary N) is 1. The molecule has 0 saturated carbocycles. The Balaban J connectivity index is 2.29. The number of hydrazine groups is 1. The van der Waals surface area contributed by atoms with E-state index >= 15 is 0 Å². The van der Waals surface area contributed by atoms with Gasteiger partial charge in [0.25, 0.3) is 0 Å². The molecule has 1 heterocycles. The number of nitrogens with one attached hydrogen (secondary N) is 2. The minimum atomic E-state index is -4.31. The lowest BCUT2D eigenvalue weighted by atomic mass is 9.96. The molecular formula is C10H12F3N3. The van der Waals surface area contributed by atoms with E-state index in [1.807, 2.05) is 0 Å². The molecule has 1 fully saturated rings. The van der Waals surface area contributed by atoms with Crippen molar-refractivity contribution in [2.45, 2.75) is 18.3 Å². The highest BCUT2D eigenvalue weighted by molar-refractivity contribution is 5.30. The summed E-state index contributed by atoms with van der Waals surface area (Å²) in [6.07, 6.45) is -4.66. The van der Waals surface area contributed by atoms with Crippen molar-refractivity contribution in [1.29, 1.82) is 0 Å². The first-order valence-electron chi connectivity index (χ1n) is 4.89. The van der Waals surface area contributed by atoms with Crippen LogP contribution in [0.1, 0.15) is 17.0 Å². The Hall–Kier alpha value is -1.11. The Morgan fingerprint density at radius 1 is 1.31 bits per heavy atom. The summed E-state index contributed by atoms with van der Waals surface area (Å²) in [6, 6.07) is 5.28. The van der Waals surface area contributed by atoms with E-state index in [1.165, 1.54) is 6.07 Å². The molecule has 2 atom stereocenters. The summed E-state index contributed by atoms with van der Waals surface area (Å²) in [6.45, 7) is 0.530. The third-order valence-electron chi connectivity index (χ3n) is 2.67. The molecule has 88 valence electrons. The summed E-state index contributed by atoms with van der Waals surface area (Å²) in [5.74, 6) is -0.137. The molecule has 1 aromatic carbocycles. The van der Waals surface area contributed by atoms with Crippen LogP contribution in [0.25, 0.3) is 0 Å². The highest BCUT2D eigenvalue weighted by Gasteiger charge is 2.32. The number of alkyl halides is 3. The van der Waals surface area contributed by atoms with Gasteiger partial charge in [0.2, 0.25) is 0 Å². The van der Waals surface area contributed by atoms with Crippen LogP contribution in [0.5, 0.6) is 0 Å². The van der Waals surface area contributed by atoms with Crippen LogP contribution in [-0.4, -0.2) is 12.7 Å². The molecule has 1 aromatic rings. The molecule has 2 unspecified atom stereocenters. The predicted octanol–water partition coefficient (Wildman–Crippen LogP) is 1.18. The monoisotopic (exact) mass is 231 g/mol. The third kappa shape index (κ3) is 2.18. The number of hydrogen-bond acceptors (Lipinski definition) is 3. The maximum absolute atomic E-state index is 12.5. The summed E-state index contributed by atoms with van der Waals surface area (Å²) < 4.78 is 37.5. The van der Waals surface area contributed by atoms with Gasteiger partial charge in [-0.05, 0) is 11.6 Å². The van der Waals surface area contributed by atoms with E-state index in [0.717, 1.165) is 12.1 Å². The van der Waals surface area contributed by atoms with Crippen molar-refractivity contribution in [2.24, 2.45) is 5.73 Å². The highest BCUT2D eigenvalue weighted by Crippen LogP contribution is 2.31. The number of hydrogen-bond donors (Lipinski definition) is 3. The fourth-order valence-corrected chi connectivity index (χ4v) is 1.79. The van der Waals surface area contributed by atoms with Gasteiger partial charge >= 0.3 is 6.18 Å². The van der Waals surface area contributed by atoms with Crippen molar-refractivity contribution in [1.82, 2.24) is 10.9 Å². The lowest BCUT2D eigenvalue weighted by molar-refractivity contribution is -0.137. The fraction of sp³-hybridized carbons (Fsp3) is 0.400. The summed E-state index contributed by atoms with van der Waals surface area (Å²) >= 11 is 0. The van der Waals surface area contributed by atoms with Gasteiger partial charge in [-0.3, -0.25) is 5.43 Å². The van der Waals surface area contributed by atoms with Crippen molar-refractivity contribution in [3.8, 4) is 0 Å². The first-order valence-corrected chi connectivity index (χ1v) is 4.89. The molecule has 4 N–H and O–H groups in total. The summed E-state index contributed by atoms with van der Waals surface area (Å²) in [5.41, 5.74) is 11.3. The predicted molar refractivity (Wildman–Crippen MR) is 53.3 cm³/mol. The summed E-state index contributed by atoms with van der Waals surface area (Å²) in [7, 11) is 0. The van der Waals surface area contributed by atoms with Crippen LogP contribution in [0.3, 0.4) is 0 Å². The van der Waals surface area contributed by atoms with Gasteiger partial charge in [0.15, 0.2) is 0 Å². The number of halogens is 3. The van der Waals surface area contributed by atoms with E-state index in [1.54, 1.807) is 6.07 Å². The zero-order valence-electron chi connectivity index (χ0n) is 8.38. The molecule has 0 bridgehead atoms. The fourth-order valence-electron chi connectivity index (χ4n) is 1.79. The second-order valence-corrected chi connectivity index (χ2v) is 3.78. The van der Waals surface area contributed by atoms with Crippen LogP contribution in [0.15, 0.2) is 24.3 Å². The van der Waals surface area contributed by atoms with Gasteiger partial charge in [-0.2, -0.15) is 13.2 Å². The third-order valence-corrected chi connectivity index (χ3v) is 2.67. The van der Waals surface area contributed by atoms with E-state index in [4.69, 9.17) is 5.73 Å². The molecule has 1 aliphatic rings. The Kier molecular flexibility index (Phi) is 2.88. The average molecular weight is 231 g/mol. The summed E-state index contributed by atoms with van der Waals surface area (Å²) in [5, 5.41) is 0. The first-order chi connectivity index (χ1) is 7.48. The summed E-state index contributed by atoms with van der Waals surface area (Å²) in [4.78, 5) is 0. The van der Waals surface area contributed by atoms with Crippen LogP contribution in [0.4, 0.5) is 13.2 Å². The lowest BCUT2D eigenvalue weighted by Gasteiger charge is -2.15. The molecular weight excluding hydrogens is 219 g/mol. The molecule has 6 heteroatoms. The Morgan fingerprint density at radius 2 is 2.06 bits per heavy atom. The normalized spacial score (nSPS) is 26.0. The zero-order chi connectivity index (χ0) is 11.8. The number of rotatable bonds is 1. The number of benzene rings is 1. The molecule has 3 nitrogen and oxygen atoms in total. The Morgan fingerprint density at radius 3 is 2.62 bits per heavy atom. The van der Waals surface area contributed by atoms with Crippen LogP contribution >= 0.6 is 0 Å². The maximum atomic E-state index is 12.5. The minimum Gasteiger partial charge on any atom is -0.314 e. The second-order valence-electron chi connectivity index (χ2n) is 3.78. The largest absolute Gasteiger partial charge is 0.416 e. The van der Waals surface area contributed by atoms with Crippen LogP contribution in [0, 0.1) is 0 Å². The van der Waals surface area contributed by atoms with E-state index in [9.17, 15) is 13.2 Å². The van der Waals surface area contributed by atoms with Crippen LogP contribution in [-0.2, 0) is 6.18 Å². The topological polar surface area (TPSA) is 50.1 Å². The first kappa shape index (κ1) is 11.4. The van der Waals surface area contributed by atoms with Gasteiger partial charge in [-0.1, -0.05) is 18.2 Å². The Bertz CT molecular complexity index is 378. The van der Waals surface area contributed by atoms with Crippen molar-refractivity contribution in [2.75, 3.05) is 6.54 Å². The van der Waals surface area contributed by atoms with Crippen molar-refractivity contribution in [3.05, 3.63) is 35.4 Å². The molecule has 1 saturated heterocycles. The van der Waals surface area contributed by atoms with Gasteiger partial charge in [0.1, 0.15) is 0 Å². The van der Waals surface area contributed by atoms with Gasteiger partial charge in [-0.15, -0.1) is 0 Å². The Labute approximate surface area is 90.8 Å². The smallest absolute Gasteiger partial charge is 0.314 e. The molecule has 0 spiro atoms. The molecule has 0 amide bonds. The average Bonchev–Trinajstić information content (AvgIpc) is 2.63. The van der Waals surface area contributed by atoms with Crippen LogP contribution in [0.2, 0.25) is 0 Å². The minimum absolute atomic E-state index is 0.137.